The third-order valence-electron chi connectivity index (χ3n) is 5.03. The van der Waals surface area contributed by atoms with Crippen LogP contribution in [0.1, 0.15) is 58.7 Å². The summed E-state index contributed by atoms with van der Waals surface area (Å²) in [6.07, 6.45) is 1.50. The molecular formula is C22H34N4O5S. The summed E-state index contributed by atoms with van der Waals surface area (Å²) in [4.78, 5) is 50.2. The first-order valence-corrected chi connectivity index (χ1v) is 11.8. The van der Waals surface area contributed by atoms with Crippen molar-refractivity contribution in [1.29, 1.82) is 0 Å². The van der Waals surface area contributed by atoms with E-state index in [1.54, 1.807) is 13.8 Å². The number of carbonyl (C=O) groups excluding carboxylic acids is 4. The number of alkyl carbamates (subject to hydrolysis) is 1. The van der Waals surface area contributed by atoms with Crippen molar-refractivity contribution in [2.75, 3.05) is 13.2 Å². The SMILES string of the molecule is CC(C)C(NC(=O)OCC(C)(C)C)C(=O)NC1CCCc2csnc2CCNC(=O)C1=O. The molecule has 2 heterocycles. The van der Waals surface area contributed by atoms with Crippen molar-refractivity contribution in [3.63, 3.8) is 0 Å². The summed E-state index contributed by atoms with van der Waals surface area (Å²) >= 11 is 1.37. The van der Waals surface area contributed by atoms with Crippen LogP contribution in [0.4, 0.5) is 4.79 Å². The summed E-state index contributed by atoms with van der Waals surface area (Å²) in [6, 6.07) is -1.87. The van der Waals surface area contributed by atoms with Crippen LogP contribution in [0, 0.1) is 11.3 Å². The number of nitrogens with zero attached hydrogens (tertiary/aromatic N) is 1. The molecule has 1 aliphatic rings. The number of amides is 3. The maximum Gasteiger partial charge on any atom is 0.407 e. The fourth-order valence-electron chi connectivity index (χ4n) is 3.24. The number of ketones is 1. The topological polar surface area (TPSA) is 126 Å². The molecule has 0 bridgehead atoms. The monoisotopic (exact) mass is 466 g/mol. The quantitative estimate of drug-likeness (QED) is 0.570. The van der Waals surface area contributed by atoms with Crippen LogP contribution in [-0.4, -0.2) is 53.3 Å². The number of hydrogen-bond donors (Lipinski definition) is 3. The van der Waals surface area contributed by atoms with Crippen molar-refractivity contribution in [3.05, 3.63) is 16.6 Å². The van der Waals surface area contributed by atoms with Gasteiger partial charge in [-0.15, -0.1) is 0 Å². The first kappa shape index (κ1) is 25.8. The standard InChI is InChI=1S/C22H34N4O5S/c1-13(2)17(25-21(30)31-12-22(3,4)5)19(28)24-16-8-6-7-14-11-32-26-15(14)9-10-23-20(29)18(16)27/h11,13,16-17H,6-10,12H2,1-5H3,(H,23,29)(H,24,28)(H,25,30). The summed E-state index contributed by atoms with van der Waals surface area (Å²) < 4.78 is 9.56. The van der Waals surface area contributed by atoms with Gasteiger partial charge >= 0.3 is 6.09 Å². The number of aryl methyl sites for hydroxylation is 1. The molecule has 0 fully saturated rings. The van der Waals surface area contributed by atoms with E-state index in [9.17, 15) is 19.2 Å². The Morgan fingerprint density at radius 1 is 1.28 bits per heavy atom. The van der Waals surface area contributed by atoms with E-state index in [0.29, 0.717) is 32.2 Å². The van der Waals surface area contributed by atoms with Crippen LogP contribution in [-0.2, 0) is 32.0 Å². The van der Waals surface area contributed by atoms with Gasteiger partial charge in [0.05, 0.1) is 18.3 Å². The van der Waals surface area contributed by atoms with Gasteiger partial charge in [0, 0.05) is 18.3 Å². The number of fused-ring (bicyclic) bond motifs is 1. The molecule has 0 saturated heterocycles. The number of nitrogens with one attached hydrogen (secondary N) is 3. The maximum atomic E-state index is 12.9. The van der Waals surface area contributed by atoms with Gasteiger partial charge < -0.3 is 20.7 Å². The third-order valence-corrected chi connectivity index (χ3v) is 5.75. The van der Waals surface area contributed by atoms with E-state index in [2.05, 4.69) is 20.3 Å². The maximum absolute atomic E-state index is 12.9. The fraction of sp³-hybridized carbons (Fsp3) is 0.682. The molecule has 9 nitrogen and oxygen atoms in total. The molecule has 32 heavy (non-hydrogen) atoms. The van der Waals surface area contributed by atoms with E-state index in [1.165, 1.54) is 11.5 Å². The molecule has 1 aromatic heterocycles. The van der Waals surface area contributed by atoms with Crippen molar-refractivity contribution in [1.82, 2.24) is 20.3 Å². The zero-order chi connectivity index (χ0) is 23.9. The summed E-state index contributed by atoms with van der Waals surface area (Å²) in [7, 11) is 0. The van der Waals surface area contributed by atoms with E-state index in [-0.39, 0.29) is 17.9 Å². The van der Waals surface area contributed by atoms with Crippen molar-refractivity contribution in [2.45, 2.75) is 72.4 Å². The Morgan fingerprint density at radius 3 is 2.66 bits per heavy atom. The second-order valence-electron chi connectivity index (χ2n) is 9.61. The molecule has 0 spiro atoms. The first-order valence-electron chi connectivity index (χ1n) is 11.0. The van der Waals surface area contributed by atoms with Gasteiger partial charge in [0.15, 0.2) is 0 Å². The Bertz CT molecular complexity index is 831. The van der Waals surface area contributed by atoms with E-state index in [1.807, 2.05) is 26.2 Å². The van der Waals surface area contributed by atoms with Gasteiger partial charge in [-0.2, -0.15) is 4.37 Å². The van der Waals surface area contributed by atoms with Crippen LogP contribution in [0.15, 0.2) is 5.38 Å². The summed E-state index contributed by atoms with van der Waals surface area (Å²) in [5.74, 6) is -2.18. The Balaban J connectivity index is 2.06. The van der Waals surface area contributed by atoms with Crippen molar-refractivity contribution < 1.29 is 23.9 Å². The fourth-order valence-corrected chi connectivity index (χ4v) is 4.01. The number of ether oxygens (including phenoxy) is 1. The highest BCUT2D eigenvalue weighted by molar-refractivity contribution is 7.03. The Morgan fingerprint density at radius 2 is 2.00 bits per heavy atom. The number of Topliss-reactive ketones (excluding diaryl/α,β-unsaturated/α-hetero) is 1. The lowest BCUT2D eigenvalue weighted by molar-refractivity contribution is -0.140. The Kier molecular flexibility index (Phi) is 9.18. The van der Waals surface area contributed by atoms with Crippen LogP contribution in [0.5, 0.6) is 0 Å². The lowest BCUT2D eigenvalue weighted by atomic mass is 9.99. The highest BCUT2D eigenvalue weighted by atomic mass is 32.1. The summed E-state index contributed by atoms with van der Waals surface area (Å²) in [6.45, 7) is 9.86. The number of rotatable bonds is 5. The second-order valence-corrected chi connectivity index (χ2v) is 10.2. The average Bonchev–Trinajstić information content (AvgIpc) is 3.14. The van der Waals surface area contributed by atoms with Crippen LogP contribution in [0.25, 0.3) is 0 Å². The van der Waals surface area contributed by atoms with Crippen molar-refractivity contribution in [3.8, 4) is 0 Å². The molecule has 0 saturated carbocycles. The second kappa shape index (κ2) is 11.4. The predicted octanol–water partition coefficient (Wildman–Crippen LogP) is 1.99. The number of aromatic nitrogens is 1. The molecule has 10 heteroatoms. The summed E-state index contributed by atoms with van der Waals surface area (Å²) in [5.41, 5.74) is 1.83. The predicted molar refractivity (Wildman–Crippen MR) is 121 cm³/mol. The van der Waals surface area contributed by atoms with Gasteiger partial charge in [-0.3, -0.25) is 14.4 Å². The highest BCUT2D eigenvalue weighted by Gasteiger charge is 2.32. The van der Waals surface area contributed by atoms with Crippen LogP contribution >= 0.6 is 11.5 Å². The largest absolute Gasteiger partial charge is 0.449 e. The molecule has 178 valence electrons. The Hall–Kier alpha value is -2.49. The van der Waals surface area contributed by atoms with Crippen LogP contribution in [0.3, 0.4) is 0 Å². The molecule has 0 aliphatic carbocycles. The molecule has 0 radical (unpaired) electrons. The van der Waals surface area contributed by atoms with E-state index < -0.39 is 35.8 Å². The van der Waals surface area contributed by atoms with E-state index in [0.717, 1.165) is 11.3 Å². The molecule has 1 aromatic rings. The molecular weight excluding hydrogens is 432 g/mol. The number of carbonyl (C=O) groups is 4. The summed E-state index contributed by atoms with van der Waals surface area (Å²) in [5, 5.41) is 9.85. The Labute approximate surface area is 193 Å². The van der Waals surface area contributed by atoms with Crippen molar-refractivity contribution in [2.24, 2.45) is 11.3 Å². The van der Waals surface area contributed by atoms with Gasteiger partial charge in [-0.05, 0) is 47.7 Å². The van der Waals surface area contributed by atoms with Crippen molar-refractivity contribution >= 4 is 35.2 Å². The van der Waals surface area contributed by atoms with E-state index >= 15 is 0 Å². The zero-order valence-electron chi connectivity index (χ0n) is 19.4. The van der Waals surface area contributed by atoms with Crippen LogP contribution < -0.4 is 16.0 Å². The average molecular weight is 467 g/mol. The molecule has 3 amide bonds. The zero-order valence-corrected chi connectivity index (χ0v) is 20.3. The minimum Gasteiger partial charge on any atom is -0.449 e. The van der Waals surface area contributed by atoms with Gasteiger partial charge in [0.1, 0.15) is 6.04 Å². The minimum absolute atomic E-state index is 0.200. The molecule has 2 unspecified atom stereocenters. The smallest absolute Gasteiger partial charge is 0.407 e. The third kappa shape index (κ3) is 7.89. The van der Waals surface area contributed by atoms with Crippen LogP contribution in [0.2, 0.25) is 0 Å². The van der Waals surface area contributed by atoms with Gasteiger partial charge in [-0.25, -0.2) is 4.79 Å². The minimum atomic E-state index is -0.968. The molecule has 3 N–H and O–H groups in total. The first-order chi connectivity index (χ1) is 15.0. The number of hydrogen-bond acceptors (Lipinski definition) is 7. The highest BCUT2D eigenvalue weighted by Crippen LogP contribution is 2.17. The van der Waals surface area contributed by atoms with Gasteiger partial charge in [0.2, 0.25) is 11.7 Å². The normalized spacial score (nSPS) is 18.8. The van der Waals surface area contributed by atoms with Gasteiger partial charge in [-0.1, -0.05) is 34.6 Å². The molecule has 2 atom stereocenters. The molecule has 0 aromatic carbocycles. The lowest BCUT2D eigenvalue weighted by Crippen LogP contribution is -2.55. The lowest BCUT2D eigenvalue weighted by Gasteiger charge is -2.25. The molecule has 1 aliphatic heterocycles. The van der Waals surface area contributed by atoms with E-state index in [4.69, 9.17) is 4.74 Å². The molecule has 2 rings (SSSR count). The van der Waals surface area contributed by atoms with Gasteiger partial charge in [0.25, 0.3) is 5.91 Å².